The fourth-order valence-corrected chi connectivity index (χ4v) is 4.10. The van der Waals surface area contributed by atoms with Gasteiger partial charge in [0.25, 0.3) is 0 Å². The average Bonchev–Trinajstić information content (AvgIpc) is 3.29. The Morgan fingerprint density at radius 1 is 0.905 bits per heavy atom. The van der Waals surface area contributed by atoms with Gasteiger partial charge in [0.05, 0.1) is 0 Å². The fourth-order valence-electron chi connectivity index (χ4n) is 4.10. The molecule has 1 atom stereocenters. The van der Waals surface area contributed by atoms with Gasteiger partial charge in [-0.3, -0.25) is 4.79 Å². The van der Waals surface area contributed by atoms with E-state index in [1.54, 1.807) is 0 Å². The average molecular weight is 292 g/mol. The van der Waals surface area contributed by atoms with Crippen LogP contribution in [-0.4, -0.2) is 36.5 Å². The van der Waals surface area contributed by atoms with Crippen molar-refractivity contribution in [3.05, 3.63) is 0 Å². The van der Waals surface area contributed by atoms with Gasteiger partial charge in [-0.1, -0.05) is 32.1 Å². The zero-order valence-electron chi connectivity index (χ0n) is 13.5. The van der Waals surface area contributed by atoms with Crippen molar-refractivity contribution in [1.29, 1.82) is 0 Å². The second kappa shape index (κ2) is 7.62. The van der Waals surface area contributed by atoms with Gasteiger partial charge in [-0.15, -0.1) is 0 Å². The van der Waals surface area contributed by atoms with E-state index in [0.29, 0.717) is 23.8 Å². The van der Waals surface area contributed by atoms with E-state index in [4.69, 9.17) is 0 Å². The van der Waals surface area contributed by atoms with Crippen molar-refractivity contribution in [2.75, 3.05) is 19.6 Å². The van der Waals surface area contributed by atoms with Crippen LogP contribution < -0.4 is 5.32 Å². The van der Waals surface area contributed by atoms with Crippen molar-refractivity contribution >= 4 is 5.91 Å². The molecule has 120 valence electrons. The van der Waals surface area contributed by atoms with Crippen molar-refractivity contribution in [3.8, 4) is 0 Å². The molecule has 0 aromatic heterocycles. The number of piperidine rings is 1. The molecule has 0 radical (unpaired) electrons. The third-order valence-electron chi connectivity index (χ3n) is 5.58. The summed E-state index contributed by atoms with van der Waals surface area (Å²) in [7, 11) is 0. The van der Waals surface area contributed by atoms with Crippen LogP contribution in [0.3, 0.4) is 0 Å². The molecule has 3 heteroatoms. The Morgan fingerprint density at radius 2 is 1.62 bits per heavy atom. The maximum atomic E-state index is 13.0. The van der Waals surface area contributed by atoms with Gasteiger partial charge >= 0.3 is 0 Å². The Morgan fingerprint density at radius 3 is 2.24 bits per heavy atom. The molecule has 1 N–H and O–H groups in total. The van der Waals surface area contributed by atoms with E-state index < -0.39 is 0 Å². The highest BCUT2D eigenvalue weighted by atomic mass is 16.2. The number of amides is 1. The minimum atomic E-state index is 0.336. The normalized spacial score (nSPS) is 28.7. The van der Waals surface area contributed by atoms with Crippen molar-refractivity contribution in [2.24, 2.45) is 11.8 Å². The van der Waals surface area contributed by atoms with Crippen LogP contribution in [0.5, 0.6) is 0 Å². The van der Waals surface area contributed by atoms with Crippen LogP contribution >= 0.6 is 0 Å². The molecule has 0 aromatic rings. The number of nitrogens with zero attached hydrogens (tertiary/aromatic N) is 1. The quantitative estimate of drug-likeness (QED) is 0.862. The number of hydrogen-bond acceptors (Lipinski definition) is 2. The minimum Gasteiger partial charge on any atom is -0.339 e. The smallest absolute Gasteiger partial charge is 0.225 e. The highest BCUT2D eigenvalue weighted by Crippen LogP contribution is 2.32. The van der Waals surface area contributed by atoms with Crippen LogP contribution in [0.2, 0.25) is 0 Å². The lowest BCUT2D eigenvalue weighted by Crippen LogP contribution is -2.44. The Labute approximate surface area is 129 Å². The molecule has 1 aliphatic heterocycles. The molecule has 0 aromatic carbocycles. The van der Waals surface area contributed by atoms with Gasteiger partial charge in [0.15, 0.2) is 0 Å². The highest BCUT2D eigenvalue weighted by molar-refractivity contribution is 5.79. The molecule has 1 saturated heterocycles. The first-order valence-electron chi connectivity index (χ1n) is 9.36. The molecule has 1 heterocycles. The van der Waals surface area contributed by atoms with E-state index in [0.717, 1.165) is 32.5 Å². The topological polar surface area (TPSA) is 32.3 Å². The number of nitrogens with one attached hydrogen (secondary N) is 1. The summed E-state index contributed by atoms with van der Waals surface area (Å²) in [5.41, 5.74) is 0. The summed E-state index contributed by atoms with van der Waals surface area (Å²) in [4.78, 5) is 15.3. The van der Waals surface area contributed by atoms with Gasteiger partial charge in [0.2, 0.25) is 5.91 Å². The molecule has 0 bridgehead atoms. The summed E-state index contributed by atoms with van der Waals surface area (Å²) in [5.74, 6) is 1.53. The van der Waals surface area contributed by atoms with Crippen LogP contribution in [0.15, 0.2) is 0 Å². The molecule has 2 aliphatic carbocycles. The second-order valence-corrected chi connectivity index (χ2v) is 7.48. The molecule has 3 rings (SSSR count). The number of carbonyl (C=O) groups is 1. The Kier molecular flexibility index (Phi) is 5.56. The van der Waals surface area contributed by atoms with Gasteiger partial charge < -0.3 is 10.2 Å². The summed E-state index contributed by atoms with van der Waals surface area (Å²) in [6, 6.07) is 0.588. The molecular formula is C18H32N2O. The molecule has 1 unspecified atom stereocenters. The third-order valence-corrected chi connectivity index (χ3v) is 5.58. The first-order valence-corrected chi connectivity index (χ1v) is 9.36. The lowest BCUT2D eigenvalue weighted by atomic mass is 9.89. The standard InChI is InChI=1S/C18H32N2O/c21-18(16-8-4-2-1-3-5-9-16)20(17-10-11-17)14-15-7-6-12-19-13-15/h15-17,19H,1-14H2. The van der Waals surface area contributed by atoms with E-state index in [-0.39, 0.29) is 0 Å². The molecule has 3 nitrogen and oxygen atoms in total. The fraction of sp³-hybridized carbons (Fsp3) is 0.944. The monoisotopic (exact) mass is 292 g/mol. The zero-order valence-corrected chi connectivity index (χ0v) is 13.5. The molecule has 21 heavy (non-hydrogen) atoms. The van der Waals surface area contributed by atoms with Gasteiger partial charge in [0.1, 0.15) is 0 Å². The number of carbonyl (C=O) groups excluding carboxylic acids is 1. The van der Waals surface area contributed by atoms with Gasteiger partial charge in [-0.25, -0.2) is 0 Å². The Hall–Kier alpha value is -0.570. The summed E-state index contributed by atoms with van der Waals surface area (Å²) in [5, 5.41) is 3.50. The summed E-state index contributed by atoms with van der Waals surface area (Å²) < 4.78 is 0. The maximum absolute atomic E-state index is 13.0. The van der Waals surface area contributed by atoms with Crippen molar-refractivity contribution in [3.63, 3.8) is 0 Å². The minimum absolute atomic E-state index is 0.336. The lowest BCUT2D eigenvalue weighted by molar-refractivity contribution is -0.137. The predicted octanol–water partition coefficient (Wildman–Crippen LogP) is 3.34. The van der Waals surface area contributed by atoms with Gasteiger partial charge in [-0.05, 0) is 57.5 Å². The van der Waals surface area contributed by atoms with Crippen molar-refractivity contribution in [1.82, 2.24) is 10.2 Å². The Balaban J connectivity index is 1.57. The van der Waals surface area contributed by atoms with E-state index >= 15 is 0 Å². The zero-order chi connectivity index (χ0) is 14.5. The van der Waals surface area contributed by atoms with Crippen LogP contribution in [0.25, 0.3) is 0 Å². The molecule has 2 saturated carbocycles. The van der Waals surface area contributed by atoms with Crippen LogP contribution in [0.1, 0.15) is 70.6 Å². The summed E-state index contributed by atoms with van der Waals surface area (Å²) in [6.07, 6.45) is 13.9. The molecular weight excluding hydrogens is 260 g/mol. The van der Waals surface area contributed by atoms with E-state index in [1.807, 2.05) is 0 Å². The lowest BCUT2D eigenvalue weighted by Gasteiger charge is -2.33. The van der Waals surface area contributed by atoms with Gasteiger partial charge in [0, 0.05) is 18.5 Å². The molecule has 1 amide bonds. The van der Waals surface area contributed by atoms with Crippen molar-refractivity contribution < 1.29 is 4.79 Å². The summed E-state index contributed by atoms with van der Waals surface area (Å²) >= 11 is 0. The first-order chi connectivity index (χ1) is 10.3. The molecule has 3 aliphatic rings. The third kappa shape index (κ3) is 4.45. The predicted molar refractivity (Wildman–Crippen MR) is 86.1 cm³/mol. The first kappa shape index (κ1) is 15.3. The van der Waals surface area contributed by atoms with Crippen molar-refractivity contribution in [2.45, 2.75) is 76.7 Å². The number of rotatable bonds is 4. The second-order valence-electron chi connectivity index (χ2n) is 7.48. The SMILES string of the molecule is O=C(C1CCCCCCC1)N(CC1CCCNC1)C1CC1. The van der Waals surface area contributed by atoms with Gasteiger partial charge in [-0.2, -0.15) is 0 Å². The van der Waals surface area contributed by atoms with E-state index in [2.05, 4.69) is 10.2 Å². The Bertz CT molecular complexity index is 326. The highest BCUT2D eigenvalue weighted by Gasteiger charge is 2.36. The number of hydrogen-bond donors (Lipinski definition) is 1. The van der Waals surface area contributed by atoms with E-state index in [9.17, 15) is 4.79 Å². The molecule has 3 fully saturated rings. The largest absolute Gasteiger partial charge is 0.339 e. The van der Waals surface area contributed by atoms with Crippen LogP contribution in [0.4, 0.5) is 0 Å². The van der Waals surface area contributed by atoms with E-state index in [1.165, 1.54) is 57.8 Å². The van der Waals surface area contributed by atoms with Crippen LogP contribution in [-0.2, 0) is 4.79 Å². The summed E-state index contributed by atoms with van der Waals surface area (Å²) in [6.45, 7) is 3.30. The van der Waals surface area contributed by atoms with Crippen LogP contribution in [0, 0.1) is 11.8 Å². The maximum Gasteiger partial charge on any atom is 0.225 e. The molecule has 0 spiro atoms.